The van der Waals surface area contributed by atoms with Gasteiger partial charge in [-0.1, -0.05) is 0 Å². The smallest absolute Gasteiger partial charge is 0.352 e. The lowest BCUT2D eigenvalue weighted by Crippen LogP contribution is -2.44. The Bertz CT molecular complexity index is 1630. The second-order valence-corrected chi connectivity index (χ2v) is 7.81. The Morgan fingerprint density at radius 3 is 1.37 bits per heavy atom. The highest BCUT2D eigenvalue weighted by Gasteiger charge is 2.44. The molecule has 1 unspecified atom stereocenters. The summed E-state index contributed by atoms with van der Waals surface area (Å²) in [6.45, 7) is 0. The second kappa shape index (κ2) is 10.5. The molecule has 0 amide bonds. The molecule has 0 radical (unpaired) electrons. The van der Waals surface area contributed by atoms with Crippen molar-refractivity contribution in [3.8, 4) is 11.5 Å². The molecule has 2 aromatic rings. The fraction of sp³-hybridized carbons (Fsp3) is 0.0870. The number of carboxylic acid groups (broad SMARTS) is 5. The second-order valence-electron chi connectivity index (χ2n) is 7.81. The van der Waals surface area contributed by atoms with Crippen LogP contribution in [0.25, 0.3) is 0 Å². The molecule has 0 fully saturated rings. The monoisotopic (exact) mass is 592 g/mol. The third kappa shape index (κ3) is 4.97. The fourth-order valence-electron chi connectivity index (χ4n) is 3.52. The van der Waals surface area contributed by atoms with Gasteiger partial charge in [-0.25, -0.2) is 41.5 Å². The zero-order chi connectivity index (χ0) is 31.1. The highest BCUT2D eigenvalue weighted by atomic mass is 19.2. The SMILES string of the molecule is O=C(O)c1c(F)c(F)c(OC2=CCC(Oc3c(F)c(F)c(C(=O)O)c(C(=O)O)c3F)(C(=O)O)C=C2)c(F)c1C(=O)O. The van der Waals surface area contributed by atoms with Gasteiger partial charge >= 0.3 is 29.8 Å². The molecule has 3 rings (SSSR count). The van der Waals surface area contributed by atoms with Crippen molar-refractivity contribution in [1.29, 1.82) is 0 Å². The summed E-state index contributed by atoms with van der Waals surface area (Å²) >= 11 is 0. The van der Waals surface area contributed by atoms with Crippen LogP contribution in [0.3, 0.4) is 0 Å². The van der Waals surface area contributed by atoms with Crippen LogP contribution in [0.15, 0.2) is 24.0 Å². The summed E-state index contributed by atoms with van der Waals surface area (Å²) in [5, 5.41) is 45.6. The van der Waals surface area contributed by atoms with Gasteiger partial charge in [0.25, 0.3) is 0 Å². The Hall–Kier alpha value is -5.55. The summed E-state index contributed by atoms with van der Waals surface area (Å²) in [6, 6.07) is 0. The Labute approximate surface area is 220 Å². The summed E-state index contributed by atoms with van der Waals surface area (Å²) in [7, 11) is 0. The molecule has 1 atom stereocenters. The number of halogens is 6. The summed E-state index contributed by atoms with van der Waals surface area (Å²) in [6.07, 6.45) is 0.382. The number of aliphatic carboxylic acids is 1. The van der Waals surface area contributed by atoms with Crippen LogP contribution in [-0.2, 0) is 4.79 Å². The van der Waals surface area contributed by atoms with E-state index in [2.05, 4.69) is 0 Å². The van der Waals surface area contributed by atoms with Gasteiger partial charge in [0.15, 0.2) is 29.0 Å². The van der Waals surface area contributed by atoms with E-state index in [1.54, 1.807) is 0 Å². The lowest BCUT2D eigenvalue weighted by molar-refractivity contribution is -0.151. The van der Waals surface area contributed by atoms with E-state index >= 15 is 0 Å². The first-order chi connectivity index (χ1) is 19.0. The average Bonchev–Trinajstić information content (AvgIpc) is 2.88. The highest BCUT2D eigenvalue weighted by Crippen LogP contribution is 2.38. The van der Waals surface area contributed by atoms with Crippen LogP contribution >= 0.6 is 0 Å². The minimum Gasteiger partial charge on any atom is -0.478 e. The molecule has 0 bridgehead atoms. The molecule has 41 heavy (non-hydrogen) atoms. The third-order valence-electron chi connectivity index (χ3n) is 5.41. The molecule has 18 heteroatoms. The molecule has 0 saturated heterocycles. The largest absolute Gasteiger partial charge is 0.478 e. The van der Waals surface area contributed by atoms with Crippen LogP contribution < -0.4 is 9.47 Å². The van der Waals surface area contributed by atoms with Crippen molar-refractivity contribution in [3.05, 3.63) is 81.1 Å². The van der Waals surface area contributed by atoms with Crippen molar-refractivity contribution in [2.45, 2.75) is 12.0 Å². The maximum absolute atomic E-state index is 14.8. The number of hydrogen-bond donors (Lipinski definition) is 5. The fourth-order valence-corrected chi connectivity index (χ4v) is 3.52. The normalized spacial score (nSPS) is 16.1. The Morgan fingerprint density at radius 1 is 0.610 bits per heavy atom. The van der Waals surface area contributed by atoms with Gasteiger partial charge in [-0.2, -0.15) is 8.78 Å². The first-order valence-electron chi connectivity index (χ1n) is 10.3. The summed E-state index contributed by atoms with van der Waals surface area (Å²) in [5.41, 5.74) is -10.5. The first-order valence-corrected chi connectivity index (χ1v) is 10.3. The van der Waals surface area contributed by atoms with Gasteiger partial charge in [-0.15, -0.1) is 0 Å². The molecule has 0 aromatic heterocycles. The lowest BCUT2D eigenvalue weighted by atomic mass is 9.94. The van der Waals surface area contributed by atoms with Crippen molar-refractivity contribution in [3.63, 3.8) is 0 Å². The molecule has 2 aromatic carbocycles. The third-order valence-corrected chi connectivity index (χ3v) is 5.41. The highest BCUT2D eigenvalue weighted by molar-refractivity contribution is 6.03. The van der Waals surface area contributed by atoms with Crippen LogP contribution in [0.5, 0.6) is 11.5 Å². The number of rotatable bonds is 9. The molecule has 1 aliphatic carbocycles. The van der Waals surface area contributed by atoms with Crippen LogP contribution in [0.2, 0.25) is 0 Å². The molecular weight excluding hydrogens is 582 g/mol. The maximum Gasteiger partial charge on any atom is 0.352 e. The van der Waals surface area contributed by atoms with Crippen molar-refractivity contribution in [1.82, 2.24) is 0 Å². The van der Waals surface area contributed by atoms with E-state index in [-0.39, 0.29) is 0 Å². The Kier molecular flexibility index (Phi) is 7.72. The van der Waals surface area contributed by atoms with Gasteiger partial charge in [0, 0.05) is 6.42 Å². The predicted molar refractivity (Wildman–Crippen MR) is 114 cm³/mol. The molecule has 0 heterocycles. The standard InChI is InChI=1S/C23H10F6O12/c24-10-6(18(30)31)8(20(34)35)12(26)16(14(10)28)40-5-1-3-23(4-2-5,22(38)39)41-17-13(27)9(21(36)37)7(19(32)33)11(25)15(17)29/h1-3H,4H2,(H,30,31)(H,32,33)(H,34,35)(H,36,37)(H,38,39). The van der Waals surface area contributed by atoms with Crippen LogP contribution in [0, 0.1) is 34.9 Å². The quantitative estimate of drug-likeness (QED) is 0.210. The minimum atomic E-state index is -2.93. The van der Waals surface area contributed by atoms with Gasteiger partial charge in [-0.3, -0.25) is 0 Å². The van der Waals surface area contributed by atoms with Crippen molar-refractivity contribution < 1.29 is 85.3 Å². The Balaban J connectivity index is 2.07. The lowest BCUT2D eigenvalue weighted by Gasteiger charge is -2.29. The summed E-state index contributed by atoms with van der Waals surface area (Å²) in [5.74, 6) is -30.0. The summed E-state index contributed by atoms with van der Waals surface area (Å²) < 4.78 is 96.5. The molecule has 0 spiro atoms. The zero-order valence-electron chi connectivity index (χ0n) is 19.3. The molecule has 216 valence electrons. The van der Waals surface area contributed by atoms with Crippen molar-refractivity contribution in [2.75, 3.05) is 0 Å². The van der Waals surface area contributed by atoms with Gasteiger partial charge in [0.2, 0.25) is 23.0 Å². The number of aromatic carboxylic acids is 4. The minimum absolute atomic E-state index is 0.392. The molecule has 12 nitrogen and oxygen atoms in total. The van der Waals surface area contributed by atoms with Crippen molar-refractivity contribution in [2.24, 2.45) is 0 Å². The number of allylic oxidation sites excluding steroid dienone is 1. The van der Waals surface area contributed by atoms with E-state index in [1.165, 1.54) is 0 Å². The van der Waals surface area contributed by atoms with E-state index in [0.717, 1.165) is 0 Å². The molecular formula is C23H10F6O12. The van der Waals surface area contributed by atoms with E-state index in [0.29, 0.717) is 18.2 Å². The van der Waals surface area contributed by atoms with Gasteiger partial charge in [0.1, 0.15) is 28.0 Å². The van der Waals surface area contributed by atoms with Gasteiger partial charge in [0.05, 0.1) is 0 Å². The van der Waals surface area contributed by atoms with Gasteiger partial charge < -0.3 is 35.0 Å². The van der Waals surface area contributed by atoms with E-state index in [9.17, 15) is 55.4 Å². The topological polar surface area (TPSA) is 205 Å². The van der Waals surface area contributed by atoms with E-state index in [1.807, 2.05) is 0 Å². The van der Waals surface area contributed by atoms with Crippen LogP contribution in [0.1, 0.15) is 47.9 Å². The Morgan fingerprint density at radius 2 is 1.00 bits per heavy atom. The van der Waals surface area contributed by atoms with Gasteiger partial charge in [-0.05, 0) is 18.2 Å². The van der Waals surface area contributed by atoms with Crippen molar-refractivity contribution >= 4 is 29.8 Å². The molecule has 5 N–H and O–H groups in total. The number of hydrogen-bond acceptors (Lipinski definition) is 7. The number of carbonyl (C=O) groups is 5. The van der Waals surface area contributed by atoms with Crippen LogP contribution in [0.4, 0.5) is 26.3 Å². The molecule has 1 aliphatic rings. The number of benzene rings is 2. The first kappa shape index (κ1) is 30.0. The predicted octanol–water partition coefficient (Wildman–Crippen LogP) is 3.44. The van der Waals surface area contributed by atoms with Crippen LogP contribution in [-0.4, -0.2) is 61.0 Å². The maximum atomic E-state index is 14.8. The van der Waals surface area contributed by atoms with E-state index in [4.69, 9.17) is 29.9 Å². The molecule has 0 aliphatic heterocycles. The number of carboxylic acids is 5. The summed E-state index contributed by atoms with van der Waals surface area (Å²) in [4.78, 5) is 56.8. The zero-order valence-corrected chi connectivity index (χ0v) is 19.3. The van der Waals surface area contributed by atoms with E-state index < -0.39 is 116 Å². The number of ether oxygens (including phenoxy) is 2. The molecule has 0 saturated carbocycles. The average molecular weight is 592 g/mol.